The molecule has 0 aliphatic rings. The van der Waals surface area contributed by atoms with Crippen molar-refractivity contribution in [2.45, 2.75) is 23.7 Å². The lowest BCUT2D eigenvalue weighted by Gasteiger charge is -2.09. The molecule has 6 nitrogen and oxygen atoms in total. The van der Waals surface area contributed by atoms with Crippen molar-refractivity contribution in [1.29, 1.82) is 0 Å². The Labute approximate surface area is 171 Å². The first kappa shape index (κ1) is 17.6. The van der Waals surface area contributed by atoms with Gasteiger partial charge in [0, 0.05) is 10.9 Å². The zero-order chi connectivity index (χ0) is 19.6. The van der Waals surface area contributed by atoms with Gasteiger partial charge in [-0.3, -0.25) is 4.57 Å². The third-order valence-electron chi connectivity index (χ3n) is 4.59. The smallest absolute Gasteiger partial charge is 0.198 e. The summed E-state index contributed by atoms with van der Waals surface area (Å²) in [6.45, 7) is 2.60. The van der Waals surface area contributed by atoms with Crippen molar-refractivity contribution in [3.63, 3.8) is 0 Å². The Bertz CT molecular complexity index is 1270. The molecule has 29 heavy (non-hydrogen) atoms. The van der Waals surface area contributed by atoms with E-state index in [0.29, 0.717) is 6.54 Å². The van der Waals surface area contributed by atoms with E-state index in [-0.39, 0.29) is 0 Å². The molecule has 3 aromatic heterocycles. The summed E-state index contributed by atoms with van der Waals surface area (Å²) in [6.07, 6.45) is 3.26. The van der Waals surface area contributed by atoms with Crippen LogP contribution in [0.25, 0.3) is 22.3 Å². The zero-order valence-electron chi connectivity index (χ0n) is 15.7. The van der Waals surface area contributed by atoms with Gasteiger partial charge in [-0.25, -0.2) is 9.97 Å². The summed E-state index contributed by atoms with van der Waals surface area (Å²) >= 11 is 1.49. The Morgan fingerprint density at radius 3 is 2.69 bits per heavy atom. The highest BCUT2D eigenvalue weighted by molar-refractivity contribution is 7.99. The van der Waals surface area contributed by atoms with Gasteiger partial charge < -0.3 is 4.42 Å². The van der Waals surface area contributed by atoms with Crippen LogP contribution in [0.3, 0.4) is 0 Å². The molecule has 5 rings (SSSR count). The van der Waals surface area contributed by atoms with Crippen LogP contribution in [-0.2, 0) is 6.54 Å². The second-order valence-electron chi connectivity index (χ2n) is 6.64. The molecule has 0 aliphatic carbocycles. The van der Waals surface area contributed by atoms with Crippen LogP contribution in [0.1, 0.15) is 11.3 Å². The number of hydrogen-bond donors (Lipinski definition) is 0. The molecular formula is C22H17N5OS. The highest BCUT2D eigenvalue weighted by atomic mass is 32.2. The molecular weight excluding hydrogens is 382 g/mol. The summed E-state index contributed by atoms with van der Waals surface area (Å²) in [5.41, 5.74) is 3.08. The van der Waals surface area contributed by atoms with E-state index in [2.05, 4.69) is 43.8 Å². The number of benzene rings is 2. The van der Waals surface area contributed by atoms with Crippen LogP contribution in [0.15, 0.2) is 87.9 Å². The van der Waals surface area contributed by atoms with Crippen molar-refractivity contribution in [2.24, 2.45) is 0 Å². The van der Waals surface area contributed by atoms with Crippen LogP contribution in [-0.4, -0.2) is 24.7 Å². The number of nitrogens with zero attached hydrogens (tertiary/aromatic N) is 5. The summed E-state index contributed by atoms with van der Waals surface area (Å²) < 4.78 is 7.64. The van der Waals surface area contributed by atoms with Crippen molar-refractivity contribution in [1.82, 2.24) is 24.7 Å². The fourth-order valence-electron chi connectivity index (χ4n) is 3.18. The minimum Gasteiger partial charge on any atom is -0.467 e. The standard InChI is InChI=1S/C22H17N5OS/c1-15-9-10-19-18(12-15)21(24-14-23-19)29-22-26-25-20(16-6-3-2-4-7-16)27(22)13-17-8-5-11-28-17/h2-12,14H,13H2,1H3. The van der Waals surface area contributed by atoms with Crippen molar-refractivity contribution < 1.29 is 4.42 Å². The molecule has 142 valence electrons. The molecule has 5 aromatic rings. The first-order chi connectivity index (χ1) is 14.3. The molecule has 0 unspecified atom stereocenters. The Morgan fingerprint density at radius 1 is 0.966 bits per heavy atom. The van der Waals surface area contributed by atoms with E-state index in [1.807, 2.05) is 48.5 Å². The monoisotopic (exact) mass is 399 g/mol. The van der Waals surface area contributed by atoms with Crippen molar-refractivity contribution in [3.8, 4) is 11.4 Å². The predicted octanol–water partition coefficient (Wildman–Crippen LogP) is 4.99. The average Bonchev–Trinajstić information content (AvgIpc) is 3.40. The van der Waals surface area contributed by atoms with Gasteiger partial charge in [-0.1, -0.05) is 42.0 Å². The second-order valence-corrected chi connectivity index (χ2v) is 7.60. The summed E-state index contributed by atoms with van der Waals surface area (Å²) in [7, 11) is 0. The maximum Gasteiger partial charge on any atom is 0.198 e. The van der Waals surface area contributed by atoms with Gasteiger partial charge >= 0.3 is 0 Å². The summed E-state index contributed by atoms with van der Waals surface area (Å²) in [5, 5.41) is 11.5. The molecule has 0 atom stereocenters. The van der Waals surface area contributed by atoms with Crippen molar-refractivity contribution in [2.75, 3.05) is 0 Å². The summed E-state index contributed by atoms with van der Waals surface area (Å²) in [6, 6.07) is 20.0. The third kappa shape index (κ3) is 3.52. The number of aryl methyl sites for hydroxylation is 1. The Balaban J connectivity index is 1.60. The number of furan rings is 1. The van der Waals surface area contributed by atoms with Gasteiger partial charge in [-0.05, 0) is 43.0 Å². The Morgan fingerprint density at radius 2 is 1.86 bits per heavy atom. The fourth-order valence-corrected chi connectivity index (χ4v) is 4.07. The van der Waals surface area contributed by atoms with Crippen molar-refractivity contribution in [3.05, 3.63) is 84.6 Å². The van der Waals surface area contributed by atoms with E-state index in [0.717, 1.165) is 43.8 Å². The zero-order valence-corrected chi connectivity index (χ0v) is 16.5. The largest absolute Gasteiger partial charge is 0.467 e. The average molecular weight is 399 g/mol. The molecule has 3 heterocycles. The van der Waals surface area contributed by atoms with Gasteiger partial charge in [-0.2, -0.15) is 0 Å². The Kier molecular flexibility index (Phi) is 4.57. The van der Waals surface area contributed by atoms with E-state index in [1.165, 1.54) is 11.8 Å². The lowest BCUT2D eigenvalue weighted by Crippen LogP contribution is -2.03. The molecule has 0 N–H and O–H groups in total. The molecule has 2 aromatic carbocycles. The van der Waals surface area contributed by atoms with E-state index in [4.69, 9.17) is 4.42 Å². The topological polar surface area (TPSA) is 69.6 Å². The van der Waals surface area contributed by atoms with Crippen LogP contribution in [0.2, 0.25) is 0 Å². The minimum atomic E-state index is 0.536. The molecule has 0 saturated carbocycles. The quantitative estimate of drug-likeness (QED) is 0.388. The fraction of sp³-hybridized carbons (Fsp3) is 0.0909. The van der Waals surface area contributed by atoms with Gasteiger partial charge in [0.2, 0.25) is 0 Å². The van der Waals surface area contributed by atoms with Crippen LogP contribution in [0.4, 0.5) is 0 Å². The lowest BCUT2D eigenvalue weighted by atomic mass is 10.2. The summed E-state index contributed by atoms with van der Waals surface area (Å²) in [4.78, 5) is 8.89. The van der Waals surface area contributed by atoms with E-state index < -0.39 is 0 Å². The van der Waals surface area contributed by atoms with Crippen LogP contribution >= 0.6 is 11.8 Å². The lowest BCUT2D eigenvalue weighted by molar-refractivity contribution is 0.485. The first-order valence-electron chi connectivity index (χ1n) is 9.18. The number of fused-ring (bicyclic) bond motifs is 1. The minimum absolute atomic E-state index is 0.536. The van der Waals surface area contributed by atoms with Crippen LogP contribution in [0, 0.1) is 6.92 Å². The van der Waals surface area contributed by atoms with E-state index in [9.17, 15) is 0 Å². The number of hydrogen-bond acceptors (Lipinski definition) is 6. The van der Waals surface area contributed by atoms with Gasteiger partial charge in [-0.15, -0.1) is 10.2 Å². The maximum absolute atomic E-state index is 5.58. The molecule has 0 fully saturated rings. The highest BCUT2D eigenvalue weighted by Gasteiger charge is 2.18. The number of rotatable bonds is 5. The van der Waals surface area contributed by atoms with Gasteiger partial charge in [0.15, 0.2) is 11.0 Å². The van der Waals surface area contributed by atoms with Crippen LogP contribution < -0.4 is 0 Å². The van der Waals surface area contributed by atoms with E-state index in [1.54, 1.807) is 12.6 Å². The first-order valence-corrected chi connectivity index (χ1v) is 10.00. The number of aromatic nitrogens is 5. The Hall–Kier alpha value is -3.45. The SMILES string of the molecule is Cc1ccc2ncnc(Sc3nnc(-c4ccccc4)n3Cc3ccco3)c2c1. The van der Waals surface area contributed by atoms with Gasteiger partial charge in [0.25, 0.3) is 0 Å². The van der Waals surface area contributed by atoms with Gasteiger partial charge in [0.05, 0.1) is 18.3 Å². The molecule has 0 amide bonds. The molecule has 0 aliphatic heterocycles. The van der Waals surface area contributed by atoms with E-state index >= 15 is 0 Å². The molecule has 0 radical (unpaired) electrons. The molecule has 0 bridgehead atoms. The molecule has 0 saturated heterocycles. The summed E-state index contributed by atoms with van der Waals surface area (Å²) in [5.74, 6) is 1.63. The maximum atomic E-state index is 5.58. The van der Waals surface area contributed by atoms with Gasteiger partial charge in [0.1, 0.15) is 17.1 Å². The third-order valence-corrected chi connectivity index (χ3v) is 5.59. The second kappa shape index (κ2) is 7.52. The molecule has 0 spiro atoms. The van der Waals surface area contributed by atoms with Crippen molar-refractivity contribution >= 4 is 22.7 Å². The molecule has 7 heteroatoms. The predicted molar refractivity (Wildman–Crippen MR) is 112 cm³/mol. The highest BCUT2D eigenvalue weighted by Crippen LogP contribution is 2.33. The van der Waals surface area contributed by atoms with Crippen LogP contribution in [0.5, 0.6) is 0 Å². The normalized spacial score (nSPS) is 11.2.